The lowest BCUT2D eigenvalue weighted by molar-refractivity contribution is -0.148. The minimum Gasteiger partial charge on any atom is -0.493 e. The van der Waals surface area contributed by atoms with Gasteiger partial charge in [0.1, 0.15) is 11.6 Å². The number of benzene rings is 1. The highest BCUT2D eigenvalue weighted by atomic mass is 19.1. The van der Waals surface area contributed by atoms with Gasteiger partial charge in [-0.15, -0.1) is 0 Å². The Kier molecular flexibility index (Phi) is 4.56. The number of hydrogen-bond acceptors (Lipinski definition) is 2. The fraction of sp³-hybridized carbons (Fsp3) is 0.533. The van der Waals surface area contributed by atoms with Crippen molar-refractivity contribution in [1.29, 1.82) is 0 Å². The third-order valence-electron chi connectivity index (χ3n) is 2.94. The van der Waals surface area contributed by atoms with Crippen LogP contribution in [-0.2, 0) is 4.79 Å². The molecule has 0 aromatic heterocycles. The van der Waals surface area contributed by atoms with Crippen LogP contribution in [0.1, 0.15) is 34.1 Å². The van der Waals surface area contributed by atoms with Gasteiger partial charge in [-0.1, -0.05) is 13.8 Å². The molecule has 0 unspecified atom stereocenters. The van der Waals surface area contributed by atoms with E-state index in [1.165, 1.54) is 12.1 Å². The molecule has 1 aromatic carbocycles. The lowest BCUT2D eigenvalue weighted by atomic mass is 9.75. The molecule has 0 aliphatic heterocycles. The molecule has 0 saturated heterocycles. The number of ether oxygens (including phenoxy) is 1. The second-order valence-corrected chi connectivity index (χ2v) is 6.27. The maximum Gasteiger partial charge on any atom is 0.309 e. The van der Waals surface area contributed by atoms with Crippen molar-refractivity contribution in [2.75, 3.05) is 6.61 Å². The van der Waals surface area contributed by atoms with Crippen LogP contribution in [0.25, 0.3) is 0 Å². The quantitative estimate of drug-likeness (QED) is 0.855. The van der Waals surface area contributed by atoms with Crippen LogP contribution in [0.4, 0.5) is 4.39 Å². The molecular formula is C15H21FO3. The highest BCUT2D eigenvalue weighted by Gasteiger charge is 2.35. The first-order valence-corrected chi connectivity index (χ1v) is 6.24. The van der Waals surface area contributed by atoms with E-state index in [1.54, 1.807) is 26.0 Å². The third-order valence-corrected chi connectivity index (χ3v) is 2.94. The first-order valence-electron chi connectivity index (χ1n) is 6.24. The summed E-state index contributed by atoms with van der Waals surface area (Å²) in [6, 6.07) is 5.80. The third kappa shape index (κ3) is 4.89. The monoisotopic (exact) mass is 268 g/mol. The number of halogens is 1. The Hall–Kier alpha value is -1.58. The number of hydrogen-bond donors (Lipinski definition) is 1. The highest BCUT2D eigenvalue weighted by molar-refractivity contribution is 5.73. The molecule has 0 aliphatic carbocycles. The molecule has 0 fully saturated rings. The van der Waals surface area contributed by atoms with E-state index < -0.39 is 11.4 Å². The molecule has 4 heteroatoms. The number of aliphatic carboxylic acids is 1. The highest BCUT2D eigenvalue weighted by Crippen LogP contribution is 2.34. The summed E-state index contributed by atoms with van der Waals surface area (Å²) < 4.78 is 18.3. The van der Waals surface area contributed by atoms with Crippen molar-refractivity contribution in [1.82, 2.24) is 0 Å². The van der Waals surface area contributed by atoms with Gasteiger partial charge >= 0.3 is 5.97 Å². The molecule has 0 bridgehead atoms. The Labute approximate surface area is 113 Å². The summed E-state index contributed by atoms with van der Waals surface area (Å²) in [5, 5.41) is 9.14. The number of rotatable bonds is 6. The van der Waals surface area contributed by atoms with Gasteiger partial charge in [-0.3, -0.25) is 4.79 Å². The molecule has 0 radical (unpaired) electrons. The van der Waals surface area contributed by atoms with Gasteiger partial charge in [0.25, 0.3) is 0 Å². The van der Waals surface area contributed by atoms with Crippen molar-refractivity contribution in [3.63, 3.8) is 0 Å². The molecule has 1 rings (SSSR count). The van der Waals surface area contributed by atoms with Crippen LogP contribution < -0.4 is 4.74 Å². The SMILES string of the molecule is CC(C)(COc1ccc(F)cc1)CC(C)(C)C(=O)O. The second-order valence-electron chi connectivity index (χ2n) is 6.27. The summed E-state index contributed by atoms with van der Waals surface area (Å²) in [7, 11) is 0. The van der Waals surface area contributed by atoms with Crippen LogP contribution >= 0.6 is 0 Å². The van der Waals surface area contributed by atoms with Crippen molar-refractivity contribution in [3.8, 4) is 5.75 Å². The zero-order chi connectivity index (χ0) is 14.7. The maximum absolute atomic E-state index is 12.8. The van der Waals surface area contributed by atoms with Crippen molar-refractivity contribution in [2.24, 2.45) is 10.8 Å². The smallest absolute Gasteiger partial charge is 0.309 e. The predicted molar refractivity (Wildman–Crippen MR) is 71.7 cm³/mol. The van der Waals surface area contributed by atoms with E-state index in [1.807, 2.05) is 13.8 Å². The Balaban J connectivity index is 2.60. The summed E-state index contributed by atoms with van der Waals surface area (Å²) in [6.45, 7) is 7.71. The van der Waals surface area contributed by atoms with Crippen LogP contribution in [0, 0.1) is 16.6 Å². The van der Waals surface area contributed by atoms with Crippen LogP contribution in [0.2, 0.25) is 0 Å². The summed E-state index contributed by atoms with van der Waals surface area (Å²) in [5.41, 5.74) is -1.08. The fourth-order valence-corrected chi connectivity index (χ4v) is 2.13. The topological polar surface area (TPSA) is 46.5 Å². The molecule has 0 aliphatic rings. The van der Waals surface area contributed by atoms with E-state index in [4.69, 9.17) is 9.84 Å². The lowest BCUT2D eigenvalue weighted by Gasteiger charge is -2.31. The standard InChI is InChI=1S/C15H21FO3/c1-14(2,9-15(3,4)13(17)18)10-19-12-7-5-11(16)6-8-12/h5-8H,9-10H2,1-4H3,(H,17,18). The second kappa shape index (κ2) is 5.59. The van der Waals surface area contributed by atoms with Crippen LogP contribution in [0.15, 0.2) is 24.3 Å². The van der Waals surface area contributed by atoms with E-state index in [9.17, 15) is 9.18 Å². The van der Waals surface area contributed by atoms with E-state index in [-0.39, 0.29) is 11.2 Å². The Morgan fingerprint density at radius 3 is 2.21 bits per heavy atom. The van der Waals surface area contributed by atoms with Gasteiger partial charge in [-0.05, 0) is 49.9 Å². The zero-order valence-corrected chi connectivity index (χ0v) is 11.9. The van der Waals surface area contributed by atoms with Crippen molar-refractivity contribution in [2.45, 2.75) is 34.1 Å². The van der Waals surface area contributed by atoms with Crippen molar-refractivity contribution >= 4 is 5.97 Å². The van der Waals surface area contributed by atoms with E-state index >= 15 is 0 Å². The summed E-state index contributed by atoms with van der Waals surface area (Å²) in [6.07, 6.45) is 0.497. The predicted octanol–water partition coefficient (Wildman–Crippen LogP) is 3.73. The molecule has 0 amide bonds. The normalized spacial score (nSPS) is 12.3. The van der Waals surface area contributed by atoms with Gasteiger partial charge < -0.3 is 9.84 Å². The van der Waals surface area contributed by atoms with E-state index in [0.29, 0.717) is 18.8 Å². The fourth-order valence-electron chi connectivity index (χ4n) is 2.13. The molecule has 0 saturated carbocycles. The van der Waals surface area contributed by atoms with Gasteiger partial charge in [-0.2, -0.15) is 0 Å². The summed E-state index contributed by atoms with van der Waals surface area (Å²) in [5.74, 6) is -0.538. The Bertz CT molecular complexity index is 435. The Morgan fingerprint density at radius 2 is 1.74 bits per heavy atom. The first-order chi connectivity index (χ1) is 8.62. The first kappa shape index (κ1) is 15.5. The van der Waals surface area contributed by atoms with Gasteiger partial charge in [-0.25, -0.2) is 4.39 Å². The van der Waals surface area contributed by atoms with Crippen LogP contribution in [0.5, 0.6) is 5.75 Å². The zero-order valence-electron chi connectivity index (χ0n) is 11.9. The van der Waals surface area contributed by atoms with Gasteiger partial charge in [0.2, 0.25) is 0 Å². The summed E-state index contributed by atoms with van der Waals surface area (Å²) in [4.78, 5) is 11.1. The molecule has 106 valence electrons. The average Bonchev–Trinajstić information content (AvgIpc) is 2.27. The molecule has 0 spiro atoms. The molecule has 1 N–H and O–H groups in total. The van der Waals surface area contributed by atoms with Crippen molar-refractivity contribution in [3.05, 3.63) is 30.1 Å². The van der Waals surface area contributed by atoms with Crippen LogP contribution in [-0.4, -0.2) is 17.7 Å². The molecule has 1 aromatic rings. The minimum absolute atomic E-state index is 0.281. The van der Waals surface area contributed by atoms with Gasteiger partial charge in [0.15, 0.2) is 0 Å². The van der Waals surface area contributed by atoms with E-state index in [2.05, 4.69) is 0 Å². The van der Waals surface area contributed by atoms with E-state index in [0.717, 1.165) is 0 Å². The molecule has 0 heterocycles. The Morgan fingerprint density at radius 1 is 1.21 bits per heavy atom. The minimum atomic E-state index is -0.817. The van der Waals surface area contributed by atoms with Gasteiger partial charge in [0, 0.05) is 0 Å². The molecular weight excluding hydrogens is 247 g/mol. The van der Waals surface area contributed by atoms with Crippen molar-refractivity contribution < 1.29 is 19.0 Å². The van der Waals surface area contributed by atoms with Gasteiger partial charge in [0.05, 0.1) is 12.0 Å². The molecule has 19 heavy (non-hydrogen) atoms. The average molecular weight is 268 g/mol. The number of carbonyl (C=O) groups is 1. The summed E-state index contributed by atoms with van der Waals surface area (Å²) >= 11 is 0. The molecule has 0 atom stereocenters. The number of carboxylic acids is 1. The lowest BCUT2D eigenvalue weighted by Crippen LogP contribution is -2.33. The number of carboxylic acid groups (broad SMARTS) is 1. The largest absolute Gasteiger partial charge is 0.493 e. The maximum atomic E-state index is 12.8. The molecule has 3 nitrogen and oxygen atoms in total. The van der Waals surface area contributed by atoms with Crippen LogP contribution in [0.3, 0.4) is 0 Å².